The van der Waals surface area contributed by atoms with Crippen molar-refractivity contribution in [3.63, 3.8) is 0 Å². The molecule has 3 heteroatoms. The smallest absolute Gasteiger partial charge is 0.220 e. The van der Waals surface area contributed by atoms with Gasteiger partial charge in [-0.25, -0.2) is 0 Å². The van der Waals surface area contributed by atoms with Gasteiger partial charge in [0, 0.05) is 30.1 Å². The van der Waals surface area contributed by atoms with Crippen LogP contribution >= 0.6 is 0 Å². The molecule has 128 valence electrons. The third-order valence-corrected chi connectivity index (χ3v) is 5.39. The van der Waals surface area contributed by atoms with Crippen molar-refractivity contribution in [3.8, 4) is 0 Å². The quantitative estimate of drug-likeness (QED) is 0.750. The molecule has 2 heterocycles. The van der Waals surface area contributed by atoms with Crippen molar-refractivity contribution in [1.82, 2.24) is 9.88 Å². The van der Waals surface area contributed by atoms with Gasteiger partial charge in [0.2, 0.25) is 5.91 Å². The van der Waals surface area contributed by atoms with Crippen LogP contribution in [0.15, 0.2) is 48.5 Å². The summed E-state index contributed by atoms with van der Waals surface area (Å²) in [5.74, 6) is 0.165. The van der Waals surface area contributed by atoms with Crippen LogP contribution in [0.3, 0.4) is 0 Å². The molecule has 0 fully saturated rings. The van der Waals surface area contributed by atoms with Gasteiger partial charge in [-0.3, -0.25) is 4.79 Å². The number of aromatic nitrogens is 1. The van der Waals surface area contributed by atoms with Crippen molar-refractivity contribution in [2.75, 3.05) is 6.54 Å². The molecule has 0 saturated carbocycles. The van der Waals surface area contributed by atoms with Gasteiger partial charge in [-0.2, -0.15) is 0 Å². The molecular weight excluding hydrogens is 308 g/mol. The molecule has 0 aliphatic carbocycles. The number of aromatic amines is 1. The Morgan fingerprint density at radius 3 is 2.68 bits per heavy atom. The lowest BCUT2D eigenvalue weighted by Crippen LogP contribution is -2.39. The number of carbonyl (C=O) groups excluding carboxylic acids is 1. The summed E-state index contributed by atoms with van der Waals surface area (Å²) >= 11 is 0. The molecule has 25 heavy (non-hydrogen) atoms. The molecule has 3 nitrogen and oxygen atoms in total. The summed E-state index contributed by atoms with van der Waals surface area (Å²) < 4.78 is 0. The molecular formula is C22H24N2O. The fraction of sp³-hybridized carbons (Fsp3) is 0.318. The summed E-state index contributed by atoms with van der Waals surface area (Å²) in [4.78, 5) is 17.8. The van der Waals surface area contributed by atoms with E-state index in [0.29, 0.717) is 0 Å². The second-order valence-corrected chi connectivity index (χ2v) is 7.07. The first-order valence-corrected chi connectivity index (χ1v) is 9.05. The maximum Gasteiger partial charge on any atom is 0.220 e. The molecule has 1 N–H and O–H groups in total. The molecule has 1 unspecified atom stereocenters. The Balaban J connectivity index is 1.67. The van der Waals surface area contributed by atoms with E-state index in [1.165, 1.54) is 33.3 Å². The number of carbonyl (C=O) groups is 1. The fourth-order valence-electron chi connectivity index (χ4n) is 4.05. The Bertz CT molecular complexity index is 907. The Morgan fingerprint density at radius 2 is 1.92 bits per heavy atom. The Labute approximate surface area is 148 Å². The van der Waals surface area contributed by atoms with Crippen LogP contribution in [0.2, 0.25) is 0 Å². The van der Waals surface area contributed by atoms with Gasteiger partial charge in [0.25, 0.3) is 0 Å². The van der Waals surface area contributed by atoms with E-state index in [9.17, 15) is 4.79 Å². The van der Waals surface area contributed by atoms with Crippen molar-refractivity contribution in [2.45, 2.75) is 39.2 Å². The van der Waals surface area contributed by atoms with Crippen LogP contribution < -0.4 is 0 Å². The maximum atomic E-state index is 12.2. The highest BCUT2D eigenvalue weighted by molar-refractivity contribution is 5.86. The molecule has 0 saturated heterocycles. The van der Waals surface area contributed by atoms with E-state index in [0.717, 1.165) is 25.8 Å². The first-order valence-electron chi connectivity index (χ1n) is 9.05. The van der Waals surface area contributed by atoms with Gasteiger partial charge < -0.3 is 9.88 Å². The minimum Gasteiger partial charge on any atom is -0.356 e. The number of benzene rings is 2. The Morgan fingerprint density at radius 1 is 1.16 bits per heavy atom. The van der Waals surface area contributed by atoms with Crippen molar-refractivity contribution in [1.29, 1.82) is 0 Å². The summed E-state index contributed by atoms with van der Waals surface area (Å²) in [7, 11) is 0. The van der Waals surface area contributed by atoms with Gasteiger partial charge in [0.1, 0.15) is 0 Å². The van der Waals surface area contributed by atoms with Gasteiger partial charge >= 0.3 is 0 Å². The van der Waals surface area contributed by atoms with E-state index >= 15 is 0 Å². The second kappa shape index (κ2) is 6.40. The first-order chi connectivity index (χ1) is 12.1. The summed E-state index contributed by atoms with van der Waals surface area (Å²) in [5.41, 5.74) is 6.41. The summed E-state index contributed by atoms with van der Waals surface area (Å²) in [5, 5.41) is 1.31. The molecule has 1 aliphatic rings. The number of aryl methyl sites for hydroxylation is 2. The average molecular weight is 332 g/mol. The maximum absolute atomic E-state index is 12.2. The molecule has 1 aliphatic heterocycles. The zero-order valence-corrected chi connectivity index (χ0v) is 14.9. The standard InChI is InChI=1S/C22H24N2O/c1-15-7-9-17(10-8-15)11-12-21-22-19(13-14-24(21)16(2)25)18-5-3-4-6-20(18)23-22/h3-10,21,23H,11-14H2,1-2H3. The predicted octanol–water partition coefficient (Wildman–Crippen LogP) is 4.55. The van der Waals surface area contributed by atoms with E-state index in [2.05, 4.69) is 60.4 Å². The highest BCUT2D eigenvalue weighted by Crippen LogP contribution is 2.36. The molecule has 2 aromatic carbocycles. The SMILES string of the molecule is CC(=O)N1CCc2c([nH]c3ccccc23)C1CCc1ccc(C)cc1. The highest BCUT2D eigenvalue weighted by atomic mass is 16.2. The number of rotatable bonds is 3. The number of H-pyrrole nitrogens is 1. The summed E-state index contributed by atoms with van der Waals surface area (Å²) in [6.07, 6.45) is 2.85. The van der Waals surface area contributed by atoms with Gasteiger partial charge in [-0.05, 0) is 43.4 Å². The number of amides is 1. The Hall–Kier alpha value is -2.55. The lowest BCUT2D eigenvalue weighted by molar-refractivity contribution is -0.131. The van der Waals surface area contributed by atoms with Crippen LogP contribution in [0.25, 0.3) is 10.9 Å². The average Bonchev–Trinajstić information content (AvgIpc) is 3.00. The van der Waals surface area contributed by atoms with Crippen LogP contribution in [0.1, 0.15) is 41.8 Å². The second-order valence-electron chi connectivity index (χ2n) is 7.07. The van der Waals surface area contributed by atoms with Crippen LogP contribution in [-0.4, -0.2) is 22.3 Å². The fourth-order valence-corrected chi connectivity index (χ4v) is 4.05. The van der Waals surface area contributed by atoms with Crippen LogP contribution in [0, 0.1) is 6.92 Å². The van der Waals surface area contributed by atoms with Gasteiger partial charge in [-0.15, -0.1) is 0 Å². The van der Waals surface area contributed by atoms with Crippen LogP contribution in [-0.2, 0) is 17.6 Å². The molecule has 1 amide bonds. The number of hydrogen-bond acceptors (Lipinski definition) is 1. The summed E-state index contributed by atoms with van der Waals surface area (Å²) in [6.45, 7) is 4.61. The third-order valence-electron chi connectivity index (χ3n) is 5.39. The lowest BCUT2D eigenvalue weighted by atomic mass is 9.93. The number of hydrogen-bond donors (Lipinski definition) is 1. The van der Waals surface area contributed by atoms with E-state index in [4.69, 9.17) is 0 Å². The van der Waals surface area contributed by atoms with Gasteiger partial charge in [0.05, 0.1) is 6.04 Å². The molecule has 1 atom stereocenters. The van der Waals surface area contributed by atoms with Crippen molar-refractivity contribution in [3.05, 3.63) is 70.9 Å². The highest BCUT2D eigenvalue weighted by Gasteiger charge is 2.31. The Kier molecular flexibility index (Phi) is 4.08. The number of para-hydroxylation sites is 1. The van der Waals surface area contributed by atoms with E-state index in [1.807, 2.05) is 4.90 Å². The van der Waals surface area contributed by atoms with Crippen molar-refractivity contribution in [2.24, 2.45) is 0 Å². The molecule has 1 aromatic heterocycles. The minimum atomic E-state index is 0.134. The zero-order valence-electron chi connectivity index (χ0n) is 14.9. The third kappa shape index (κ3) is 2.95. The van der Waals surface area contributed by atoms with Crippen molar-refractivity contribution < 1.29 is 4.79 Å². The summed E-state index contributed by atoms with van der Waals surface area (Å²) in [6, 6.07) is 17.3. The van der Waals surface area contributed by atoms with Gasteiger partial charge in [-0.1, -0.05) is 48.0 Å². The van der Waals surface area contributed by atoms with E-state index < -0.39 is 0 Å². The van der Waals surface area contributed by atoms with E-state index in [1.54, 1.807) is 6.92 Å². The largest absolute Gasteiger partial charge is 0.356 e. The zero-order chi connectivity index (χ0) is 17.4. The monoisotopic (exact) mass is 332 g/mol. The normalized spacial score (nSPS) is 16.9. The number of nitrogens with one attached hydrogen (secondary N) is 1. The molecule has 0 bridgehead atoms. The molecule has 3 aromatic rings. The van der Waals surface area contributed by atoms with E-state index in [-0.39, 0.29) is 11.9 Å². The van der Waals surface area contributed by atoms with Crippen molar-refractivity contribution >= 4 is 16.8 Å². The predicted molar refractivity (Wildman–Crippen MR) is 102 cm³/mol. The number of fused-ring (bicyclic) bond motifs is 3. The lowest BCUT2D eigenvalue weighted by Gasteiger charge is -2.35. The molecule has 0 spiro atoms. The van der Waals surface area contributed by atoms with Gasteiger partial charge in [0.15, 0.2) is 0 Å². The van der Waals surface area contributed by atoms with Crippen LogP contribution in [0.5, 0.6) is 0 Å². The van der Waals surface area contributed by atoms with Crippen LogP contribution in [0.4, 0.5) is 0 Å². The topological polar surface area (TPSA) is 36.1 Å². The first kappa shape index (κ1) is 15.9. The molecule has 0 radical (unpaired) electrons. The molecule has 4 rings (SSSR count). The number of nitrogens with zero attached hydrogens (tertiary/aromatic N) is 1. The minimum absolute atomic E-state index is 0.134.